The number of hydrogen-bond acceptors (Lipinski definition) is 4. The number of nitrogens with one attached hydrogen (secondary N) is 1. The van der Waals surface area contributed by atoms with Crippen molar-refractivity contribution >= 4 is 0 Å². The van der Waals surface area contributed by atoms with E-state index in [0.717, 1.165) is 17.9 Å². The maximum atomic E-state index is 4.36. The first-order valence-corrected chi connectivity index (χ1v) is 5.28. The van der Waals surface area contributed by atoms with Crippen LogP contribution in [-0.2, 0) is 14.1 Å². The van der Waals surface area contributed by atoms with Crippen molar-refractivity contribution in [3.63, 3.8) is 0 Å². The number of aryl methyl sites for hydroxylation is 2. The van der Waals surface area contributed by atoms with Gasteiger partial charge >= 0.3 is 0 Å². The molecule has 0 amide bonds. The van der Waals surface area contributed by atoms with Crippen molar-refractivity contribution in [3.8, 4) is 0 Å². The van der Waals surface area contributed by atoms with Crippen LogP contribution in [0.15, 0.2) is 18.7 Å². The highest BCUT2D eigenvalue weighted by molar-refractivity contribution is 5.17. The Morgan fingerprint density at radius 3 is 2.75 bits per heavy atom. The third-order valence-electron chi connectivity index (χ3n) is 2.47. The molecule has 0 aliphatic heterocycles. The third kappa shape index (κ3) is 1.96. The Balaban J connectivity index is 2.34. The first kappa shape index (κ1) is 10.8. The topological polar surface area (TPSA) is 60.6 Å². The fourth-order valence-corrected chi connectivity index (χ4v) is 1.71. The molecule has 1 N–H and O–H groups in total. The van der Waals surface area contributed by atoms with Crippen molar-refractivity contribution in [2.24, 2.45) is 14.1 Å². The molecule has 0 saturated carbocycles. The van der Waals surface area contributed by atoms with Gasteiger partial charge in [-0.1, -0.05) is 12.1 Å². The molecule has 1 unspecified atom stereocenters. The summed E-state index contributed by atoms with van der Waals surface area (Å²) in [6.07, 6.45) is 5.56. The van der Waals surface area contributed by atoms with Gasteiger partial charge in [-0.3, -0.25) is 4.68 Å². The first-order valence-electron chi connectivity index (χ1n) is 5.28. The van der Waals surface area contributed by atoms with Gasteiger partial charge in [0, 0.05) is 20.3 Å². The summed E-state index contributed by atoms with van der Waals surface area (Å²) in [7, 11) is 3.84. The lowest BCUT2D eigenvalue weighted by atomic mass is 10.1. The van der Waals surface area contributed by atoms with Crippen LogP contribution in [0, 0.1) is 0 Å². The van der Waals surface area contributed by atoms with E-state index in [1.807, 2.05) is 24.9 Å². The molecular formula is C10H16N6. The molecule has 0 aliphatic rings. The minimum Gasteiger partial charge on any atom is -0.340 e. The fraction of sp³-hybridized carbons (Fsp3) is 0.500. The van der Waals surface area contributed by atoms with Gasteiger partial charge in [-0.05, 0) is 6.54 Å². The van der Waals surface area contributed by atoms with Crippen molar-refractivity contribution < 1.29 is 0 Å². The lowest BCUT2D eigenvalue weighted by Crippen LogP contribution is -2.24. The van der Waals surface area contributed by atoms with Crippen LogP contribution in [0.1, 0.15) is 24.4 Å². The Bertz CT molecular complexity index is 457. The van der Waals surface area contributed by atoms with Crippen molar-refractivity contribution in [2.45, 2.75) is 13.0 Å². The van der Waals surface area contributed by atoms with Gasteiger partial charge in [-0.2, -0.15) is 0 Å². The van der Waals surface area contributed by atoms with Crippen molar-refractivity contribution in [1.82, 2.24) is 29.9 Å². The van der Waals surface area contributed by atoms with Crippen molar-refractivity contribution in [1.29, 1.82) is 0 Å². The molecule has 0 radical (unpaired) electrons. The average molecular weight is 220 g/mol. The molecule has 0 aliphatic carbocycles. The van der Waals surface area contributed by atoms with Crippen LogP contribution in [0.5, 0.6) is 0 Å². The van der Waals surface area contributed by atoms with Gasteiger partial charge in [0.1, 0.15) is 0 Å². The molecule has 1 atom stereocenters. The minimum absolute atomic E-state index is 0.0474. The summed E-state index contributed by atoms with van der Waals surface area (Å²) in [4.78, 5) is 4.36. The summed E-state index contributed by atoms with van der Waals surface area (Å²) in [6, 6.07) is 0.0474. The van der Waals surface area contributed by atoms with E-state index in [1.165, 1.54) is 0 Å². The number of nitrogens with zero attached hydrogens (tertiary/aromatic N) is 5. The van der Waals surface area contributed by atoms with Crippen LogP contribution in [0.2, 0.25) is 0 Å². The first-order chi connectivity index (χ1) is 7.72. The predicted molar refractivity (Wildman–Crippen MR) is 59.7 cm³/mol. The van der Waals surface area contributed by atoms with E-state index in [-0.39, 0.29) is 6.04 Å². The highest BCUT2D eigenvalue weighted by atomic mass is 15.4. The maximum Gasteiger partial charge on any atom is 0.0953 e. The quantitative estimate of drug-likeness (QED) is 0.802. The minimum atomic E-state index is 0.0474. The smallest absolute Gasteiger partial charge is 0.0953 e. The molecule has 86 valence electrons. The number of rotatable bonds is 4. The number of aromatic nitrogens is 5. The second-order valence-electron chi connectivity index (χ2n) is 3.74. The zero-order valence-corrected chi connectivity index (χ0v) is 9.75. The number of imidazole rings is 1. The van der Waals surface area contributed by atoms with Crippen LogP contribution in [0.4, 0.5) is 0 Å². The van der Waals surface area contributed by atoms with Gasteiger partial charge in [-0.15, -0.1) is 5.10 Å². The van der Waals surface area contributed by atoms with Crippen LogP contribution >= 0.6 is 0 Å². The van der Waals surface area contributed by atoms with E-state index in [1.54, 1.807) is 17.2 Å². The molecule has 0 aromatic carbocycles. The second-order valence-corrected chi connectivity index (χ2v) is 3.74. The van der Waals surface area contributed by atoms with E-state index in [0.29, 0.717) is 0 Å². The van der Waals surface area contributed by atoms with Gasteiger partial charge in [0.25, 0.3) is 0 Å². The van der Waals surface area contributed by atoms with Gasteiger partial charge < -0.3 is 9.88 Å². The molecule has 0 saturated heterocycles. The molecule has 2 aromatic rings. The van der Waals surface area contributed by atoms with Gasteiger partial charge in [-0.25, -0.2) is 4.98 Å². The lowest BCUT2D eigenvalue weighted by molar-refractivity contribution is 0.559. The molecule has 0 bridgehead atoms. The highest BCUT2D eigenvalue weighted by Crippen LogP contribution is 2.18. The van der Waals surface area contributed by atoms with Crippen molar-refractivity contribution in [3.05, 3.63) is 30.1 Å². The van der Waals surface area contributed by atoms with Crippen LogP contribution < -0.4 is 5.32 Å². The highest BCUT2D eigenvalue weighted by Gasteiger charge is 2.18. The predicted octanol–water partition coefficient (Wildman–Crippen LogP) is 0.247. The Kier molecular flexibility index (Phi) is 3.00. The molecule has 16 heavy (non-hydrogen) atoms. The van der Waals surface area contributed by atoms with Crippen LogP contribution in [-0.4, -0.2) is 31.1 Å². The van der Waals surface area contributed by atoms with E-state index >= 15 is 0 Å². The second kappa shape index (κ2) is 4.44. The van der Waals surface area contributed by atoms with Crippen LogP contribution in [0.25, 0.3) is 0 Å². The van der Waals surface area contributed by atoms with Crippen LogP contribution in [0.3, 0.4) is 0 Å². The molecule has 6 heteroatoms. The van der Waals surface area contributed by atoms with E-state index in [2.05, 4.69) is 27.5 Å². The third-order valence-corrected chi connectivity index (χ3v) is 2.47. The molecule has 2 heterocycles. The Labute approximate surface area is 94.3 Å². The van der Waals surface area contributed by atoms with E-state index in [4.69, 9.17) is 0 Å². The standard InChI is InChI=1S/C10H16N6/c1-4-11-10(8-6-15(2)7-12-8)9-5-13-14-16(9)3/h5-7,10-11H,4H2,1-3H3. The zero-order chi connectivity index (χ0) is 11.5. The summed E-state index contributed by atoms with van der Waals surface area (Å²) < 4.78 is 3.70. The Hall–Kier alpha value is -1.69. The average Bonchev–Trinajstić information content (AvgIpc) is 2.84. The maximum absolute atomic E-state index is 4.36. The Morgan fingerprint density at radius 1 is 1.44 bits per heavy atom. The summed E-state index contributed by atoms with van der Waals surface area (Å²) in [6.45, 7) is 2.94. The van der Waals surface area contributed by atoms with E-state index in [9.17, 15) is 0 Å². The molecule has 0 fully saturated rings. The zero-order valence-electron chi connectivity index (χ0n) is 9.75. The van der Waals surface area contributed by atoms with E-state index < -0.39 is 0 Å². The summed E-state index contributed by atoms with van der Waals surface area (Å²) in [5.74, 6) is 0. The number of hydrogen-bond donors (Lipinski definition) is 1. The molecule has 2 rings (SSSR count). The van der Waals surface area contributed by atoms with Gasteiger partial charge in [0.2, 0.25) is 0 Å². The molecule has 2 aromatic heterocycles. The fourth-order valence-electron chi connectivity index (χ4n) is 1.71. The Morgan fingerprint density at radius 2 is 2.25 bits per heavy atom. The summed E-state index contributed by atoms with van der Waals surface area (Å²) >= 11 is 0. The van der Waals surface area contributed by atoms with Gasteiger partial charge in [0.05, 0.1) is 30.0 Å². The largest absolute Gasteiger partial charge is 0.340 e. The van der Waals surface area contributed by atoms with Crippen molar-refractivity contribution in [2.75, 3.05) is 6.54 Å². The molecule has 6 nitrogen and oxygen atoms in total. The SMILES string of the molecule is CCNC(c1cn(C)cn1)c1cnnn1C. The molecular weight excluding hydrogens is 204 g/mol. The summed E-state index contributed by atoms with van der Waals surface area (Å²) in [5, 5.41) is 11.2. The monoisotopic (exact) mass is 220 g/mol. The molecule has 0 spiro atoms. The summed E-state index contributed by atoms with van der Waals surface area (Å²) in [5.41, 5.74) is 2.00. The normalized spacial score (nSPS) is 12.9. The lowest BCUT2D eigenvalue weighted by Gasteiger charge is -2.14. The van der Waals surface area contributed by atoms with Gasteiger partial charge in [0.15, 0.2) is 0 Å².